The minimum absolute atomic E-state index is 0.256. The van der Waals surface area contributed by atoms with Crippen molar-refractivity contribution in [3.63, 3.8) is 0 Å². The predicted octanol–water partition coefficient (Wildman–Crippen LogP) is 1.05. The number of hydrogen-bond acceptors (Lipinski definition) is 6. The van der Waals surface area contributed by atoms with Crippen molar-refractivity contribution in [2.24, 2.45) is 0 Å². The van der Waals surface area contributed by atoms with Gasteiger partial charge in [-0.3, -0.25) is 5.10 Å². The fourth-order valence-electron chi connectivity index (χ4n) is 2.76. The largest absolute Gasteiger partial charge is 0.459 e. The molecule has 2 aromatic rings. The van der Waals surface area contributed by atoms with Gasteiger partial charge in [0, 0.05) is 18.9 Å². The van der Waals surface area contributed by atoms with Gasteiger partial charge in [0.05, 0.1) is 17.9 Å². The lowest BCUT2D eigenvalue weighted by atomic mass is 10.1. The number of hydrogen-bond donors (Lipinski definition) is 1. The number of aryl methyl sites for hydroxylation is 2. The fourth-order valence-corrected chi connectivity index (χ4v) is 4.61. The van der Waals surface area contributed by atoms with Crippen LogP contribution in [0.2, 0.25) is 0 Å². The Morgan fingerprint density at radius 2 is 2.04 bits per heavy atom. The van der Waals surface area contributed by atoms with Crippen LogP contribution in [0.5, 0.6) is 6.01 Å². The Kier molecular flexibility index (Phi) is 4.31. The van der Waals surface area contributed by atoms with Crippen molar-refractivity contribution in [1.29, 1.82) is 0 Å². The highest BCUT2D eigenvalue weighted by atomic mass is 32.2. The van der Waals surface area contributed by atoms with Gasteiger partial charge in [-0.05, 0) is 32.8 Å². The third kappa shape index (κ3) is 3.20. The molecule has 9 heteroatoms. The van der Waals surface area contributed by atoms with E-state index in [-0.39, 0.29) is 23.6 Å². The molecule has 1 saturated heterocycles. The van der Waals surface area contributed by atoms with Gasteiger partial charge in [-0.2, -0.15) is 9.40 Å². The Labute approximate surface area is 135 Å². The monoisotopic (exact) mass is 337 g/mol. The molecule has 0 saturated carbocycles. The molecule has 0 amide bonds. The van der Waals surface area contributed by atoms with E-state index < -0.39 is 10.0 Å². The quantitative estimate of drug-likeness (QED) is 0.895. The molecule has 1 atom stereocenters. The van der Waals surface area contributed by atoms with Crippen molar-refractivity contribution in [2.45, 2.75) is 37.7 Å². The molecule has 1 aliphatic heterocycles. The second-order valence-electron chi connectivity index (χ2n) is 5.54. The van der Waals surface area contributed by atoms with Gasteiger partial charge in [-0.25, -0.2) is 18.4 Å². The lowest BCUT2D eigenvalue weighted by Crippen LogP contribution is -2.44. The summed E-state index contributed by atoms with van der Waals surface area (Å²) >= 11 is 0. The van der Waals surface area contributed by atoms with E-state index in [9.17, 15) is 8.42 Å². The zero-order chi connectivity index (χ0) is 16.4. The molecule has 8 nitrogen and oxygen atoms in total. The van der Waals surface area contributed by atoms with E-state index in [0.29, 0.717) is 17.9 Å². The van der Waals surface area contributed by atoms with Crippen LogP contribution in [0, 0.1) is 13.8 Å². The Morgan fingerprint density at radius 1 is 1.30 bits per heavy atom. The van der Waals surface area contributed by atoms with Crippen LogP contribution in [-0.2, 0) is 10.0 Å². The summed E-state index contributed by atoms with van der Waals surface area (Å²) in [6.45, 7) is 4.15. The first-order valence-corrected chi connectivity index (χ1v) is 8.88. The van der Waals surface area contributed by atoms with Crippen LogP contribution in [-0.4, -0.2) is 52.1 Å². The van der Waals surface area contributed by atoms with Gasteiger partial charge >= 0.3 is 6.01 Å². The van der Waals surface area contributed by atoms with Crippen LogP contribution in [0.3, 0.4) is 0 Å². The molecule has 124 valence electrons. The number of nitrogens with zero attached hydrogens (tertiary/aromatic N) is 4. The minimum atomic E-state index is -3.59. The average molecular weight is 337 g/mol. The van der Waals surface area contributed by atoms with Crippen molar-refractivity contribution in [2.75, 3.05) is 13.1 Å². The number of nitrogens with one attached hydrogen (secondary N) is 1. The van der Waals surface area contributed by atoms with Gasteiger partial charge in [0.15, 0.2) is 0 Å². The summed E-state index contributed by atoms with van der Waals surface area (Å²) < 4.78 is 32.9. The summed E-state index contributed by atoms with van der Waals surface area (Å²) in [5.74, 6) is 0. The molecule has 3 rings (SSSR count). The van der Waals surface area contributed by atoms with E-state index in [1.165, 1.54) is 4.31 Å². The molecule has 1 unspecified atom stereocenters. The maximum atomic E-state index is 12.9. The topological polar surface area (TPSA) is 101 Å². The zero-order valence-corrected chi connectivity index (χ0v) is 13.9. The molecule has 23 heavy (non-hydrogen) atoms. The van der Waals surface area contributed by atoms with E-state index in [1.54, 1.807) is 32.3 Å². The lowest BCUT2D eigenvalue weighted by molar-refractivity contribution is 0.119. The SMILES string of the molecule is Cc1n[nH]c(C)c1S(=O)(=O)N1CCCC(Oc2ncccn2)C1. The maximum absolute atomic E-state index is 12.9. The summed E-state index contributed by atoms with van der Waals surface area (Å²) in [6.07, 6.45) is 4.43. The second kappa shape index (κ2) is 6.25. The van der Waals surface area contributed by atoms with Crippen LogP contribution in [0.1, 0.15) is 24.2 Å². The summed E-state index contributed by atoms with van der Waals surface area (Å²) in [5, 5.41) is 6.71. The number of H-pyrrole nitrogens is 1. The summed E-state index contributed by atoms with van der Waals surface area (Å²) in [4.78, 5) is 8.30. The van der Waals surface area contributed by atoms with Crippen LogP contribution in [0.25, 0.3) is 0 Å². The molecule has 0 radical (unpaired) electrons. The smallest absolute Gasteiger partial charge is 0.316 e. The molecule has 1 N–H and O–H groups in total. The van der Waals surface area contributed by atoms with Crippen LogP contribution >= 0.6 is 0 Å². The van der Waals surface area contributed by atoms with E-state index in [0.717, 1.165) is 12.8 Å². The molecular formula is C14H19N5O3S. The van der Waals surface area contributed by atoms with Crippen molar-refractivity contribution < 1.29 is 13.2 Å². The fraction of sp³-hybridized carbons (Fsp3) is 0.500. The number of rotatable bonds is 4. The van der Waals surface area contributed by atoms with Gasteiger partial charge in [-0.1, -0.05) is 0 Å². The molecular weight excluding hydrogens is 318 g/mol. The first-order valence-electron chi connectivity index (χ1n) is 7.44. The van der Waals surface area contributed by atoms with E-state index in [4.69, 9.17) is 4.74 Å². The standard InChI is InChI=1S/C14H19N5O3S/c1-10-13(11(2)18-17-10)23(20,21)19-8-3-5-12(9-19)22-14-15-6-4-7-16-14/h4,6-7,12H,3,5,8-9H2,1-2H3,(H,17,18). The normalized spacial score (nSPS) is 19.7. The van der Waals surface area contributed by atoms with Crippen molar-refractivity contribution in [1.82, 2.24) is 24.5 Å². The van der Waals surface area contributed by atoms with Gasteiger partial charge in [-0.15, -0.1) is 0 Å². The Bertz CT molecular complexity index is 755. The second-order valence-corrected chi connectivity index (χ2v) is 7.41. The molecule has 0 aromatic carbocycles. The molecule has 3 heterocycles. The molecule has 1 aliphatic rings. The molecule has 1 fully saturated rings. The zero-order valence-electron chi connectivity index (χ0n) is 13.1. The van der Waals surface area contributed by atoms with Gasteiger partial charge in [0.1, 0.15) is 11.0 Å². The van der Waals surface area contributed by atoms with Gasteiger partial charge < -0.3 is 4.74 Å². The van der Waals surface area contributed by atoms with Crippen molar-refractivity contribution in [3.05, 3.63) is 29.8 Å². The number of sulfonamides is 1. The summed E-state index contributed by atoms with van der Waals surface area (Å²) in [7, 11) is -3.59. The minimum Gasteiger partial charge on any atom is -0.459 e. The molecule has 0 aliphatic carbocycles. The van der Waals surface area contributed by atoms with Gasteiger partial charge in [0.25, 0.3) is 0 Å². The number of piperidine rings is 1. The van der Waals surface area contributed by atoms with E-state index >= 15 is 0 Å². The Hall–Kier alpha value is -2.00. The number of aromatic nitrogens is 4. The van der Waals surface area contributed by atoms with Crippen LogP contribution < -0.4 is 4.74 Å². The first kappa shape index (κ1) is 15.9. The predicted molar refractivity (Wildman–Crippen MR) is 82.5 cm³/mol. The third-order valence-electron chi connectivity index (χ3n) is 3.81. The lowest BCUT2D eigenvalue weighted by Gasteiger charge is -2.31. The number of aromatic amines is 1. The average Bonchev–Trinajstić information content (AvgIpc) is 2.88. The molecule has 0 bridgehead atoms. The highest BCUT2D eigenvalue weighted by Gasteiger charge is 2.34. The Balaban J connectivity index is 1.78. The van der Waals surface area contributed by atoms with Crippen LogP contribution in [0.4, 0.5) is 0 Å². The first-order chi connectivity index (χ1) is 11.0. The Morgan fingerprint density at radius 3 is 2.70 bits per heavy atom. The summed E-state index contributed by atoms with van der Waals surface area (Å²) in [6, 6.07) is 1.97. The number of ether oxygens (including phenoxy) is 1. The molecule has 0 spiro atoms. The molecule has 2 aromatic heterocycles. The van der Waals surface area contributed by atoms with Gasteiger partial charge in [0.2, 0.25) is 10.0 Å². The highest BCUT2D eigenvalue weighted by molar-refractivity contribution is 7.89. The summed E-state index contributed by atoms with van der Waals surface area (Å²) in [5.41, 5.74) is 1.04. The highest BCUT2D eigenvalue weighted by Crippen LogP contribution is 2.25. The maximum Gasteiger partial charge on any atom is 0.316 e. The third-order valence-corrected chi connectivity index (χ3v) is 5.94. The van der Waals surface area contributed by atoms with Crippen molar-refractivity contribution >= 4 is 10.0 Å². The van der Waals surface area contributed by atoms with Crippen molar-refractivity contribution in [3.8, 4) is 6.01 Å². The van der Waals surface area contributed by atoms with E-state index in [1.807, 2.05) is 0 Å². The van der Waals surface area contributed by atoms with Crippen LogP contribution in [0.15, 0.2) is 23.4 Å². The van der Waals surface area contributed by atoms with E-state index in [2.05, 4.69) is 20.2 Å².